The number of rotatable bonds is 7. The number of benzene rings is 1. The van der Waals surface area contributed by atoms with E-state index in [0.717, 1.165) is 5.75 Å². The van der Waals surface area contributed by atoms with Gasteiger partial charge in [0, 0.05) is 6.92 Å². The maximum atomic E-state index is 10.6. The van der Waals surface area contributed by atoms with Crippen molar-refractivity contribution in [1.29, 1.82) is 0 Å². The number of aliphatic hydroxyl groups is 1. The molecule has 1 aromatic rings. The lowest BCUT2D eigenvalue weighted by atomic mass is 9.97. The first-order valence-corrected chi connectivity index (χ1v) is 8.52. The molecule has 2 unspecified atom stereocenters. The molecular formula is C16H23NO6S. The molecule has 0 saturated carbocycles. The van der Waals surface area contributed by atoms with Gasteiger partial charge in [-0.2, -0.15) is 11.8 Å². The predicted molar refractivity (Wildman–Crippen MR) is 91.9 cm³/mol. The fourth-order valence-electron chi connectivity index (χ4n) is 1.62. The van der Waals surface area contributed by atoms with Crippen LogP contribution in [-0.2, 0) is 20.0 Å². The summed E-state index contributed by atoms with van der Waals surface area (Å²) in [5, 5.41) is 29.1. The van der Waals surface area contributed by atoms with Crippen LogP contribution in [0.15, 0.2) is 30.3 Å². The van der Waals surface area contributed by atoms with Crippen molar-refractivity contribution in [3.8, 4) is 0 Å². The number of hydrogen-bond donors (Lipinski definition) is 4. The molecule has 0 aliphatic rings. The van der Waals surface area contributed by atoms with Crippen molar-refractivity contribution >= 4 is 29.6 Å². The first-order valence-electron chi connectivity index (χ1n) is 7.13. The Kier molecular flexibility index (Phi) is 9.75. The average molecular weight is 357 g/mol. The highest BCUT2D eigenvalue weighted by atomic mass is 32.2. The Bertz CT molecular complexity index is 547. The second kappa shape index (κ2) is 10.7. The van der Waals surface area contributed by atoms with Crippen molar-refractivity contribution in [2.75, 3.05) is 12.0 Å². The zero-order chi connectivity index (χ0) is 18.8. The van der Waals surface area contributed by atoms with Gasteiger partial charge in [0.25, 0.3) is 0 Å². The third-order valence-corrected chi connectivity index (χ3v) is 3.68. The molecule has 0 aromatic heterocycles. The number of thioether (sulfide) groups is 1. The molecule has 0 bridgehead atoms. The average Bonchev–Trinajstić information content (AvgIpc) is 2.52. The zero-order valence-electron chi connectivity index (χ0n) is 13.9. The fraction of sp³-hybridized carbons (Fsp3) is 0.438. The monoisotopic (exact) mass is 357 g/mol. The Balaban J connectivity index is 0.000000441. The predicted octanol–water partition coefficient (Wildman–Crippen LogP) is 1.31. The zero-order valence-corrected chi connectivity index (χ0v) is 14.7. The molecule has 7 nitrogen and oxygen atoms in total. The number of carboxylic acid groups (broad SMARTS) is 2. The summed E-state index contributed by atoms with van der Waals surface area (Å²) in [6, 6.07) is 7.55. The summed E-state index contributed by atoms with van der Waals surface area (Å²) in [5.41, 5.74) is -1.40. The molecule has 1 amide bonds. The summed E-state index contributed by atoms with van der Waals surface area (Å²) in [6.45, 7) is 2.57. The van der Waals surface area contributed by atoms with E-state index in [0.29, 0.717) is 12.0 Å². The molecule has 0 fully saturated rings. The number of aliphatic carboxylic acids is 2. The fourth-order valence-corrected chi connectivity index (χ4v) is 2.10. The van der Waals surface area contributed by atoms with E-state index in [9.17, 15) is 19.5 Å². The van der Waals surface area contributed by atoms with Crippen LogP contribution in [-0.4, -0.2) is 51.2 Å². The van der Waals surface area contributed by atoms with Gasteiger partial charge in [-0.05, 0) is 30.9 Å². The molecule has 1 rings (SSSR count). The molecule has 4 N–H and O–H groups in total. The van der Waals surface area contributed by atoms with Crippen molar-refractivity contribution in [2.45, 2.75) is 31.9 Å². The molecule has 0 spiro atoms. The normalized spacial score (nSPS) is 13.7. The van der Waals surface area contributed by atoms with Crippen LogP contribution in [0.1, 0.15) is 25.8 Å². The van der Waals surface area contributed by atoms with E-state index in [1.165, 1.54) is 13.8 Å². The third kappa shape index (κ3) is 7.98. The van der Waals surface area contributed by atoms with Gasteiger partial charge in [-0.3, -0.25) is 4.79 Å². The summed E-state index contributed by atoms with van der Waals surface area (Å²) < 4.78 is 0. The first-order chi connectivity index (χ1) is 11.1. The summed E-state index contributed by atoms with van der Waals surface area (Å²) >= 11 is 1.56. The van der Waals surface area contributed by atoms with Crippen molar-refractivity contribution in [2.24, 2.45) is 0 Å². The minimum atomic E-state index is -1.79. The molecule has 0 aliphatic heterocycles. The van der Waals surface area contributed by atoms with Gasteiger partial charge in [0.15, 0.2) is 5.60 Å². The second-order valence-corrected chi connectivity index (χ2v) is 6.10. The van der Waals surface area contributed by atoms with Gasteiger partial charge in [0.2, 0.25) is 5.91 Å². The van der Waals surface area contributed by atoms with Crippen LogP contribution in [0.25, 0.3) is 0 Å². The first kappa shape index (κ1) is 21.9. The van der Waals surface area contributed by atoms with E-state index < -0.39 is 23.6 Å². The number of amides is 1. The van der Waals surface area contributed by atoms with Crippen LogP contribution in [0.5, 0.6) is 0 Å². The molecule has 8 heteroatoms. The standard InChI is InChI=1S/C9H10O3.C7H13NO3S/c1-9(12,8(10)11)7-5-3-2-4-6-7;1-5(9)8-6(7(10)11)3-4-12-2/h2-6,12H,1H3,(H,10,11);6H,3-4H2,1-2H3,(H,8,9)(H,10,11). The maximum Gasteiger partial charge on any atom is 0.340 e. The number of carboxylic acids is 2. The summed E-state index contributed by atoms with van der Waals surface area (Å²) in [7, 11) is 0. The van der Waals surface area contributed by atoms with Crippen LogP contribution >= 0.6 is 11.8 Å². The van der Waals surface area contributed by atoms with Crippen LogP contribution < -0.4 is 5.32 Å². The lowest BCUT2D eigenvalue weighted by Crippen LogP contribution is -2.39. The number of hydrogen-bond acceptors (Lipinski definition) is 5. The molecule has 0 radical (unpaired) electrons. The highest BCUT2D eigenvalue weighted by Crippen LogP contribution is 2.19. The summed E-state index contributed by atoms with van der Waals surface area (Å²) in [4.78, 5) is 31.6. The minimum Gasteiger partial charge on any atom is -0.480 e. The van der Waals surface area contributed by atoms with Gasteiger partial charge < -0.3 is 20.6 Å². The van der Waals surface area contributed by atoms with Crippen LogP contribution in [0, 0.1) is 0 Å². The molecule has 0 saturated heterocycles. The lowest BCUT2D eigenvalue weighted by molar-refractivity contribution is -0.157. The number of nitrogens with one attached hydrogen (secondary N) is 1. The third-order valence-electron chi connectivity index (χ3n) is 3.04. The smallest absolute Gasteiger partial charge is 0.340 e. The largest absolute Gasteiger partial charge is 0.480 e. The van der Waals surface area contributed by atoms with Gasteiger partial charge in [-0.25, -0.2) is 9.59 Å². The molecular weight excluding hydrogens is 334 g/mol. The van der Waals surface area contributed by atoms with Crippen molar-refractivity contribution in [3.63, 3.8) is 0 Å². The highest BCUT2D eigenvalue weighted by Gasteiger charge is 2.31. The Labute approximate surface area is 145 Å². The van der Waals surface area contributed by atoms with E-state index in [1.54, 1.807) is 42.1 Å². The van der Waals surface area contributed by atoms with E-state index in [1.807, 2.05) is 6.26 Å². The Morgan fingerprint density at radius 3 is 2.12 bits per heavy atom. The van der Waals surface area contributed by atoms with E-state index in [2.05, 4.69) is 5.32 Å². The van der Waals surface area contributed by atoms with Crippen LogP contribution in [0.4, 0.5) is 0 Å². The van der Waals surface area contributed by atoms with E-state index >= 15 is 0 Å². The van der Waals surface area contributed by atoms with Crippen LogP contribution in [0.3, 0.4) is 0 Å². The molecule has 24 heavy (non-hydrogen) atoms. The Morgan fingerprint density at radius 1 is 1.21 bits per heavy atom. The van der Waals surface area contributed by atoms with E-state index in [4.69, 9.17) is 10.2 Å². The van der Waals surface area contributed by atoms with Gasteiger partial charge in [-0.1, -0.05) is 30.3 Å². The molecule has 2 atom stereocenters. The summed E-state index contributed by atoms with van der Waals surface area (Å²) in [5.74, 6) is -1.78. The topological polar surface area (TPSA) is 124 Å². The minimum absolute atomic E-state index is 0.302. The molecule has 0 aliphatic carbocycles. The van der Waals surface area contributed by atoms with Gasteiger partial charge in [0.1, 0.15) is 6.04 Å². The molecule has 0 heterocycles. The van der Waals surface area contributed by atoms with Crippen molar-refractivity contribution < 1.29 is 29.7 Å². The Hall–Kier alpha value is -2.06. The van der Waals surface area contributed by atoms with E-state index in [-0.39, 0.29) is 5.91 Å². The summed E-state index contributed by atoms with van der Waals surface area (Å²) in [6.07, 6.45) is 2.36. The van der Waals surface area contributed by atoms with Gasteiger partial charge in [-0.15, -0.1) is 0 Å². The SMILES string of the molecule is CC(O)(C(=O)O)c1ccccc1.CSCCC(NC(C)=O)C(=O)O. The second-order valence-electron chi connectivity index (χ2n) is 5.12. The van der Waals surface area contributed by atoms with Gasteiger partial charge in [0.05, 0.1) is 0 Å². The highest BCUT2D eigenvalue weighted by molar-refractivity contribution is 7.98. The Morgan fingerprint density at radius 2 is 1.75 bits per heavy atom. The quantitative estimate of drug-likeness (QED) is 0.580. The molecule has 134 valence electrons. The molecule has 1 aromatic carbocycles. The van der Waals surface area contributed by atoms with Crippen molar-refractivity contribution in [1.82, 2.24) is 5.32 Å². The maximum absolute atomic E-state index is 10.6. The van der Waals surface area contributed by atoms with Crippen molar-refractivity contribution in [3.05, 3.63) is 35.9 Å². The number of carbonyl (C=O) groups excluding carboxylic acids is 1. The number of carbonyl (C=O) groups is 3. The van der Waals surface area contributed by atoms with Crippen LogP contribution in [0.2, 0.25) is 0 Å². The lowest BCUT2D eigenvalue weighted by Gasteiger charge is -2.17. The van der Waals surface area contributed by atoms with Gasteiger partial charge >= 0.3 is 11.9 Å².